The van der Waals surface area contributed by atoms with Gasteiger partial charge in [-0.25, -0.2) is 0 Å². The molecular weight excluding hydrogens is 436 g/mol. The van der Waals surface area contributed by atoms with Gasteiger partial charge in [0.2, 0.25) is 11.8 Å². The van der Waals surface area contributed by atoms with E-state index in [4.69, 9.17) is 16.3 Å². The summed E-state index contributed by atoms with van der Waals surface area (Å²) in [5.41, 5.74) is 1.52. The van der Waals surface area contributed by atoms with Crippen LogP contribution in [0, 0.1) is 0 Å². The van der Waals surface area contributed by atoms with Crippen molar-refractivity contribution in [3.05, 3.63) is 70.1 Å². The SMILES string of the molecule is COc1ccc(CC(=O)Nc2[nH]nc3sc(CC(=O)Nc4cccc(Cl)c4)cc23)cc1. The predicted molar refractivity (Wildman–Crippen MR) is 123 cm³/mol. The van der Waals surface area contributed by atoms with Gasteiger partial charge < -0.3 is 15.4 Å². The fourth-order valence-electron chi connectivity index (χ4n) is 3.08. The van der Waals surface area contributed by atoms with E-state index in [1.165, 1.54) is 11.3 Å². The molecule has 0 bridgehead atoms. The van der Waals surface area contributed by atoms with Gasteiger partial charge in [0.15, 0.2) is 0 Å². The highest BCUT2D eigenvalue weighted by molar-refractivity contribution is 7.18. The van der Waals surface area contributed by atoms with Gasteiger partial charge in [0.1, 0.15) is 16.4 Å². The predicted octanol–water partition coefficient (Wildman–Crippen LogP) is 4.65. The monoisotopic (exact) mass is 454 g/mol. The number of halogens is 1. The number of anilines is 2. The zero-order chi connectivity index (χ0) is 21.8. The van der Waals surface area contributed by atoms with Crippen LogP contribution in [0.4, 0.5) is 11.5 Å². The minimum atomic E-state index is -0.165. The van der Waals surface area contributed by atoms with Gasteiger partial charge in [0.05, 0.1) is 25.3 Å². The molecule has 0 unspecified atom stereocenters. The van der Waals surface area contributed by atoms with Crippen molar-refractivity contribution in [1.82, 2.24) is 10.2 Å². The number of nitrogens with zero attached hydrogens (tertiary/aromatic N) is 1. The number of rotatable bonds is 7. The van der Waals surface area contributed by atoms with Crippen molar-refractivity contribution in [2.45, 2.75) is 12.8 Å². The van der Waals surface area contributed by atoms with Crippen LogP contribution in [-0.4, -0.2) is 29.1 Å². The molecule has 158 valence electrons. The number of thiophene rings is 1. The van der Waals surface area contributed by atoms with Crippen LogP contribution in [0.15, 0.2) is 54.6 Å². The van der Waals surface area contributed by atoms with E-state index in [-0.39, 0.29) is 24.7 Å². The molecule has 3 N–H and O–H groups in total. The van der Waals surface area contributed by atoms with Crippen molar-refractivity contribution >= 4 is 56.5 Å². The lowest BCUT2D eigenvalue weighted by Crippen LogP contribution is -2.15. The van der Waals surface area contributed by atoms with E-state index in [0.29, 0.717) is 16.5 Å². The Labute approximate surface area is 187 Å². The lowest BCUT2D eigenvalue weighted by atomic mass is 10.1. The van der Waals surface area contributed by atoms with Crippen molar-refractivity contribution in [3.63, 3.8) is 0 Å². The van der Waals surface area contributed by atoms with Gasteiger partial charge in [-0.1, -0.05) is 29.8 Å². The zero-order valence-electron chi connectivity index (χ0n) is 16.6. The number of hydrogen-bond acceptors (Lipinski definition) is 5. The Morgan fingerprint density at radius 1 is 1.06 bits per heavy atom. The first kappa shape index (κ1) is 20.9. The molecule has 0 fully saturated rings. The topological polar surface area (TPSA) is 96.1 Å². The lowest BCUT2D eigenvalue weighted by Gasteiger charge is -2.05. The first-order valence-corrected chi connectivity index (χ1v) is 10.6. The Morgan fingerprint density at radius 2 is 1.84 bits per heavy atom. The number of nitrogens with one attached hydrogen (secondary N) is 3. The average Bonchev–Trinajstić information content (AvgIpc) is 3.29. The first-order valence-electron chi connectivity index (χ1n) is 9.45. The fourth-order valence-corrected chi connectivity index (χ4v) is 4.27. The number of carbonyl (C=O) groups excluding carboxylic acids is 2. The summed E-state index contributed by atoms with van der Waals surface area (Å²) in [6.07, 6.45) is 0.427. The second-order valence-electron chi connectivity index (χ2n) is 6.84. The number of amides is 2. The molecule has 2 amide bonds. The van der Waals surface area contributed by atoms with Crippen LogP contribution in [-0.2, 0) is 22.4 Å². The van der Waals surface area contributed by atoms with Gasteiger partial charge in [-0.15, -0.1) is 11.3 Å². The molecule has 0 spiro atoms. The van der Waals surface area contributed by atoms with E-state index < -0.39 is 0 Å². The van der Waals surface area contributed by atoms with Gasteiger partial charge >= 0.3 is 0 Å². The van der Waals surface area contributed by atoms with Crippen molar-refractivity contribution in [3.8, 4) is 5.75 Å². The van der Waals surface area contributed by atoms with Gasteiger partial charge in [-0.05, 0) is 42.0 Å². The van der Waals surface area contributed by atoms with E-state index >= 15 is 0 Å². The van der Waals surface area contributed by atoms with Crippen molar-refractivity contribution in [1.29, 1.82) is 0 Å². The number of aromatic amines is 1. The summed E-state index contributed by atoms with van der Waals surface area (Å²) in [6.45, 7) is 0. The summed E-state index contributed by atoms with van der Waals surface area (Å²) in [6, 6.07) is 16.2. The Bertz CT molecular complexity index is 1230. The van der Waals surface area contributed by atoms with Crippen molar-refractivity contribution < 1.29 is 14.3 Å². The maximum absolute atomic E-state index is 12.4. The molecule has 0 aliphatic rings. The average molecular weight is 455 g/mol. The molecule has 31 heavy (non-hydrogen) atoms. The van der Waals surface area contributed by atoms with Crippen LogP contribution in [0.25, 0.3) is 10.2 Å². The van der Waals surface area contributed by atoms with E-state index in [9.17, 15) is 9.59 Å². The van der Waals surface area contributed by atoms with Crippen LogP contribution in [0.3, 0.4) is 0 Å². The Kier molecular flexibility index (Phi) is 6.20. The second kappa shape index (κ2) is 9.20. The highest BCUT2D eigenvalue weighted by Gasteiger charge is 2.15. The van der Waals surface area contributed by atoms with E-state index in [0.717, 1.165) is 26.4 Å². The Morgan fingerprint density at radius 3 is 2.58 bits per heavy atom. The molecule has 9 heteroatoms. The number of methoxy groups -OCH3 is 1. The molecule has 0 aliphatic heterocycles. The van der Waals surface area contributed by atoms with Crippen LogP contribution in [0.1, 0.15) is 10.4 Å². The Hall–Kier alpha value is -3.36. The second-order valence-corrected chi connectivity index (χ2v) is 8.39. The summed E-state index contributed by atoms with van der Waals surface area (Å²) < 4.78 is 5.13. The molecule has 0 saturated heterocycles. The molecule has 0 saturated carbocycles. The third-order valence-electron chi connectivity index (χ3n) is 4.53. The number of fused-ring (bicyclic) bond motifs is 1. The summed E-state index contributed by atoms with van der Waals surface area (Å²) in [7, 11) is 1.60. The third kappa shape index (κ3) is 5.22. The highest BCUT2D eigenvalue weighted by Crippen LogP contribution is 2.30. The van der Waals surface area contributed by atoms with Gasteiger partial charge in [0, 0.05) is 15.6 Å². The van der Waals surface area contributed by atoms with Gasteiger partial charge in [-0.2, -0.15) is 5.10 Å². The van der Waals surface area contributed by atoms with E-state index in [1.807, 2.05) is 30.3 Å². The molecule has 4 rings (SSSR count). The van der Waals surface area contributed by atoms with Crippen molar-refractivity contribution in [2.24, 2.45) is 0 Å². The highest BCUT2D eigenvalue weighted by atomic mass is 35.5. The molecule has 2 aromatic carbocycles. The number of ether oxygens (including phenoxy) is 1. The maximum Gasteiger partial charge on any atom is 0.229 e. The van der Waals surface area contributed by atoms with E-state index in [1.54, 1.807) is 31.4 Å². The van der Waals surface area contributed by atoms with Crippen LogP contribution in [0.2, 0.25) is 5.02 Å². The summed E-state index contributed by atoms with van der Waals surface area (Å²) in [5.74, 6) is 0.943. The molecule has 2 aromatic heterocycles. The zero-order valence-corrected chi connectivity index (χ0v) is 18.1. The van der Waals surface area contributed by atoms with E-state index in [2.05, 4.69) is 20.8 Å². The number of aromatic nitrogens is 2. The first-order chi connectivity index (χ1) is 15.0. The summed E-state index contributed by atoms with van der Waals surface area (Å²) >= 11 is 7.35. The van der Waals surface area contributed by atoms with Crippen LogP contribution in [0.5, 0.6) is 5.75 Å². The van der Waals surface area contributed by atoms with Crippen LogP contribution < -0.4 is 15.4 Å². The molecule has 7 nitrogen and oxygen atoms in total. The molecule has 4 aromatic rings. The smallest absolute Gasteiger partial charge is 0.229 e. The van der Waals surface area contributed by atoms with Gasteiger partial charge in [0.25, 0.3) is 0 Å². The molecule has 0 atom stereocenters. The lowest BCUT2D eigenvalue weighted by molar-refractivity contribution is -0.116. The minimum Gasteiger partial charge on any atom is -0.497 e. The quantitative estimate of drug-likeness (QED) is 0.378. The maximum atomic E-state index is 12.4. The summed E-state index contributed by atoms with van der Waals surface area (Å²) in [5, 5.41) is 14.1. The molecule has 0 aliphatic carbocycles. The normalized spacial score (nSPS) is 10.8. The number of benzene rings is 2. The number of H-pyrrole nitrogens is 1. The Balaban J connectivity index is 1.39. The largest absolute Gasteiger partial charge is 0.497 e. The molecular formula is C22H19ClN4O3S. The standard InChI is InChI=1S/C22H19ClN4O3S/c1-30-16-7-5-13(6-8-16)9-19(28)25-21-18-11-17(31-22(18)27-26-21)12-20(29)24-15-4-2-3-14(23)10-15/h2-8,10-11H,9,12H2,1H3,(H,24,29)(H2,25,26,27,28). The third-order valence-corrected chi connectivity index (χ3v) is 5.80. The minimum absolute atomic E-state index is 0.153. The number of hydrogen-bond donors (Lipinski definition) is 3. The molecule has 0 radical (unpaired) electrons. The van der Waals surface area contributed by atoms with Crippen molar-refractivity contribution in [2.75, 3.05) is 17.7 Å². The summed E-state index contributed by atoms with van der Waals surface area (Å²) in [4.78, 5) is 26.4. The molecule has 2 heterocycles. The van der Waals surface area contributed by atoms with Gasteiger partial charge in [-0.3, -0.25) is 14.7 Å². The van der Waals surface area contributed by atoms with Crippen LogP contribution >= 0.6 is 22.9 Å². The fraction of sp³-hybridized carbons (Fsp3) is 0.136. The number of carbonyl (C=O) groups is 2.